The first-order chi connectivity index (χ1) is 14.3. The third-order valence-electron chi connectivity index (χ3n) is 4.89. The average Bonchev–Trinajstić information content (AvgIpc) is 2.75. The molecule has 0 fully saturated rings. The quantitative estimate of drug-likeness (QED) is 0.153. The molecule has 0 atom stereocenters. The maximum atomic E-state index is 11.4. The van der Waals surface area contributed by atoms with E-state index in [0.29, 0.717) is 5.56 Å². The van der Waals surface area contributed by atoms with Crippen molar-refractivity contribution in [3.63, 3.8) is 0 Å². The van der Waals surface area contributed by atoms with E-state index < -0.39 is 0 Å². The molecule has 162 valence electrons. The van der Waals surface area contributed by atoms with Crippen molar-refractivity contribution in [3.05, 3.63) is 54.1 Å². The Kier molecular flexibility index (Phi) is 15.5. The van der Waals surface area contributed by atoms with Gasteiger partial charge in [0.15, 0.2) is 0 Å². The average molecular weight is 401 g/mol. The zero-order chi connectivity index (χ0) is 21.0. The lowest BCUT2D eigenvalue weighted by Gasteiger charge is -2.07. The second-order valence-corrected chi connectivity index (χ2v) is 7.45. The normalized spacial score (nSPS) is 11.4. The molecule has 0 amide bonds. The number of carbonyl (C=O) groups is 1. The van der Waals surface area contributed by atoms with Gasteiger partial charge in [0.2, 0.25) is 0 Å². The van der Waals surface area contributed by atoms with Crippen molar-refractivity contribution in [2.45, 2.75) is 84.0 Å². The molecule has 3 nitrogen and oxygen atoms in total. The predicted molar refractivity (Wildman–Crippen MR) is 123 cm³/mol. The number of unbranched alkanes of at least 4 members (excludes halogenated alkanes) is 9. The first-order valence-corrected chi connectivity index (χ1v) is 11.4. The summed E-state index contributed by atoms with van der Waals surface area (Å²) in [6.07, 6.45) is 24.2. The van der Waals surface area contributed by atoms with Gasteiger partial charge in [0.05, 0.1) is 19.3 Å². The molecular weight excluding hydrogens is 360 g/mol. The summed E-state index contributed by atoms with van der Waals surface area (Å²) in [6.45, 7) is 2.98. The minimum atomic E-state index is -0.318. The molecule has 0 saturated carbocycles. The largest absolute Gasteiger partial charge is 0.494 e. The molecule has 0 saturated heterocycles. The zero-order valence-electron chi connectivity index (χ0n) is 18.5. The van der Waals surface area contributed by atoms with Crippen molar-refractivity contribution in [1.29, 1.82) is 0 Å². The van der Waals surface area contributed by atoms with Crippen LogP contribution in [0.5, 0.6) is 5.75 Å². The number of methoxy groups -OCH3 is 1. The van der Waals surface area contributed by atoms with Gasteiger partial charge < -0.3 is 9.47 Å². The summed E-state index contributed by atoms with van der Waals surface area (Å²) in [6, 6.07) is 7.11. The third-order valence-corrected chi connectivity index (χ3v) is 4.89. The summed E-state index contributed by atoms with van der Waals surface area (Å²) in [5.74, 6) is 0.488. The van der Waals surface area contributed by atoms with Gasteiger partial charge >= 0.3 is 5.97 Å². The van der Waals surface area contributed by atoms with Gasteiger partial charge in [-0.25, -0.2) is 4.79 Å². The first kappa shape index (κ1) is 25.0. The second-order valence-electron chi connectivity index (χ2n) is 7.45. The van der Waals surface area contributed by atoms with Crippen LogP contribution in [0, 0.1) is 0 Å². The predicted octanol–water partition coefficient (Wildman–Crippen LogP) is 7.67. The SMILES string of the molecule is CCCCCC=CCC=CCCCCCCCCOc1ccc(C(=O)OC)cc1. The van der Waals surface area contributed by atoms with Gasteiger partial charge in [-0.05, 0) is 62.8 Å². The Morgan fingerprint density at radius 2 is 1.38 bits per heavy atom. The highest BCUT2D eigenvalue weighted by atomic mass is 16.5. The van der Waals surface area contributed by atoms with Crippen molar-refractivity contribution in [3.8, 4) is 5.75 Å². The summed E-state index contributed by atoms with van der Waals surface area (Å²) in [5.41, 5.74) is 0.550. The molecule has 0 aliphatic heterocycles. The molecule has 3 heteroatoms. The Morgan fingerprint density at radius 3 is 2.00 bits per heavy atom. The van der Waals surface area contributed by atoms with Crippen molar-refractivity contribution >= 4 is 5.97 Å². The van der Waals surface area contributed by atoms with Gasteiger partial charge in [-0.3, -0.25) is 0 Å². The maximum absolute atomic E-state index is 11.4. The Balaban J connectivity index is 1.90. The van der Waals surface area contributed by atoms with Crippen LogP contribution in [0.2, 0.25) is 0 Å². The van der Waals surface area contributed by atoms with Gasteiger partial charge in [0.25, 0.3) is 0 Å². The van der Waals surface area contributed by atoms with Crippen LogP contribution in [0.1, 0.15) is 94.3 Å². The van der Waals surface area contributed by atoms with E-state index in [9.17, 15) is 4.79 Å². The number of ether oxygens (including phenoxy) is 2. The minimum Gasteiger partial charge on any atom is -0.494 e. The number of benzene rings is 1. The highest BCUT2D eigenvalue weighted by Crippen LogP contribution is 2.14. The molecule has 0 spiro atoms. The van der Waals surface area contributed by atoms with Gasteiger partial charge in [-0.1, -0.05) is 69.8 Å². The van der Waals surface area contributed by atoms with Crippen LogP contribution >= 0.6 is 0 Å². The molecule has 0 aliphatic carbocycles. The molecule has 0 N–H and O–H groups in total. The molecule has 1 aromatic carbocycles. The number of hydrogen-bond donors (Lipinski definition) is 0. The van der Waals surface area contributed by atoms with Gasteiger partial charge in [-0.15, -0.1) is 0 Å². The highest BCUT2D eigenvalue weighted by Gasteiger charge is 2.04. The van der Waals surface area contributed by atoms with E-state index in [1.54, 1.807) is 12.1 Å². The van der Waals surface area contributed by atoms with Crippen LogP contribution in [0.15, 0.2) is 48.6 Å². The summed E-state index contributed by atoms with van der Waals surface area (Å²) in [5, 5.41) is 0. The molecule has 0 heterocycles. The minimum absolute atomic E-state index is 0.318. The van der Waals surface area contributed by atoms with Gasteiger partial charge in [0, 0.05) is 0 Å². The van der Waals surface area contributed by atoms with Crippen LogP contribution in [-0.2, 0) is 4.74 Å². The molecule has 1 rings (SSSR count). The van der Waals surface area contributed by atoms with E-state index in [0.717, 1.165) is 25.2 Å². The summed E-state index contributed by atoms with van der Waals surface area (Å²) >= 11 is 0. The molecule has 0 unspecified atom stereocenters. The lowest BCUT2D eigenvalue weighted by atomic mass is 10.1. The van der Waals surface area contributed by atoms with E-state index >= 15 is 0 Å². The number of rotatable bonds is 17. The van der Waals surface area contributed by atoms with E-state index in [4.69, 9.17) is 4.74 Å². The van der Waals surface area contributed by atoms with Crippen LogP contribution in [0.4, 0.5) is 0 Å². The van der Waals surface area contributed by atoms with Gasteiger partial charge in [0.1, 0.15) is 5.75 Å². The smallest absolute Gasteiger partial charge is 0.337 e. The Bertz CT molecular complexity index is 572. The molecule has 0 bridgehead atoms. The second kappa shape index (κ2) is 18.0. The fourth-order valence-electron chi connectivity index (χ4n) is 3.09. The Hall–Kier alpha value is -2.03. The first-order valence-electron chi connectivity index (χ1n) is 11.4. The topological polar surface area (TPSA) is 35.5 Å². The monoisotopic (exact) mass is 400 g/mol. The molecule has 0 aliphatic rings. The maximum Gasteiger partial charge on any atom is 0.337 e. The summed E-state index contributed by atoms with van der Waals surface area (Å²) in [7, 11) is 1.39. The van der Waals surface area contributed by atoms with Crippen molar-refractivity contribution < 1.29 is 14.3 Å². The van der Waals surface area contributed by atoms with E-state index in [1.807, 2.05) is 12.1 Å². The molecular formula is C26H40O3. The number of carbonyl (C=O) groups excluding carboxylic acids is 1. The molecule has 1 aromatic rings. The summed E-state index contributed by atoms with van der Waals surface area (Å²) < 4.78 is 10.4. The molecule has 29 heavy (non-hydrogen) atoms. The highest BCUT2D eigenvalue weighted by molar-refractivity contribution is 5.89. The number of hydrogen-bond acceptors (Lipinski definition) is 3. The Morgan fingerprint density at radius 1 is 0.793 bits per heavy atom. The van der Waals surface area contributed by atoms with Crippen LogP contribution < -0.4 is 4.74 Å². The van der Waals surface area contributed by atoms with E-state index in [2.05, 4.69) is 36.0 Å². The van der Waals surface area contributed by atoms with Crippen LogP contribution in [-0.4, -0.2) is 19.7 Å². The lowest BCUT2D eigenvalue weighted by Crippen LogP contribution is -2.01. The third kappa shape index (κ3) is 13.7. The fourth-order valence-corrected chi connectivity index (χ4v) is 3.09. The van der Waals surface area contributed by atoms with Crippen molar-refractivity contribution in [2.75, 3.05) is 13.7 Å². The van der Waals surface area contributed by atoms with Crippen LogP contribution in [0.25, 0.3) is 0 Å². The molecule has 0 aromatic heterocycles. The lowest BCUT2D eigenvalue weighted by molar-refractivity contribution is 0.0600. The van der Waals surface area contributed by atoms with Gasteiger partial charge in [-0.2, -0.15) is 0 Å². The molecule has 0 radical (unpaired) electrons. The van der Waals surface area contributed by atoms with Crippen molar-refractivity contribution in [1.82, 2.24) is 0 Å². The van der Waals surface area contributed by atoms with E-state index in [1.165, 1.54) is 71.3 Å². The Labute approximate surface area is 178 Å². The zero-order valence-corrected chi connectivity index (χ0v) is 18.5. The van der Waals surface area contributed by atoms with Crippen LogP contribution in [0.3, 0.4) is 0 Å². The van der Waals surface area contributed by atoms with Crippen molar-refractivity contribution in [2.24, 2.45) is 0 Å². The van der Waals surface area contributed by atoms with E-state index in [-0.39, 0.29) is 5.97 Å². The fraction of sp³-hybridized carbons (Fsp3) is 0.577. The standard InChI is InChI=1S/C26H40O3/c1-3-4-5-6-7-8-9-10-11-12-13-14-15-16-17-18-23-29-25-21-19-24(20-22-25)26(27)28-2/h7-8,10-11,19-22H,3-6,9,12-18,23H2,1-2H3. The number of esters is 1. The number of allylic oxidation sites excluding steroid dienone is 4. The summed E-state index contributed by atoms with van der Waals surface area (Å²) in [4.78, 5) is 11.4.